The van der Waals surface area contributed by atoms with Gasteiger partial charge in [-0.3, -0.25) is 19.7 Å². The Balaban J connectivity index is 1.75. The third-order valence-corrected chi connectivity index (χ3v) is 2.85. The van der Waals surface area contributed by atoms with Crippen molar-refractivity contribution >= 4 is 29.8 Å². The van der Waals surface area contributed by atoms with Crippen molar-refractivity contribution in [3.8, 4) is 0 Å². The highest BCUT2D eigenvalue weighted by molar-refractivity contribution is 5.94. The van der Waals surface area contributed by atoms with E-state index in [9.17, 15) is 19.7 Å². The number of carbonyl (C=O) groups excluding carboxylic acids is 2. The van der Waals surface area contributed by atoms with Gasteiger partial charge in [0, 0.05) is 23.8 Å². The molecule has 0 spiro atoms. The molecule has 0 fully saturated rings. The topological polar surface area (TPSA) is 127 Å². The molecule has 0 aliphatic heterocycles. The van der Waals surface area contributed by atoms with Crippen molar-refractivity contribution < 1.29 is 18.9 Å². The number of nitro groups is 1. The van der Waals surface area contributed by atoms with Crippen LogP contribution in [-0.4, -0.2) is 29.5 Å². The normalized spacial score (nSPS) is 10.9. The summed E-state index contributed by atoms with van der Waals surface area (Å²) in [5, 5.41) is 16.7. The van der Waals surface area contributed by atoms with E-state index in [0.717, 1.165) is 0 Å². The summed E-state index contributed by atoms with van der Waals surface area (Å²) in [7, 11) is 0. The van der Waals surface area contributed by atoms with E-state index in [-0.39, 0.29) is 12.2 Å². The van der Waals surface area contributed by atoms with Gasteiger partial charge >= 0.3 is 0 Å². The minimum atomic E-state index is -0.540. The number of nitrogens with zero attached hydrogens (tertiary/aromatic N) is 2. The molecule has 0 aliphatic rings. The quantitative estimate of drug-likeness (QED) is 0.341. The van der Waals surface area contributed by atoms with Crippen LogP contribution in [0, 0.1) is 10.1 Å². The van der Waals surface area contributed by atoms with Crippen LogP contribution in [-0.2, 0) is 9.59 Å². The Hall–Kier alpha value is -3.75. The van der Waals surface area contributed by atoms with Crippen molar-refractivity contribution in [1.82, 2.24) is 10.7 Å². The molecule has 128 valence electrons. The number of benzene rings is 1. The Morgan fingerprint density at radius 2 is 2.12 bits per heavy atom. The molecule has 2 rings (SSSR count). The van der Waals surface area contributed by atoms with Crippen molar-refractivity contribution in [3.05, 3.63) is 70.2 Å². The average molecular weight is 342 g/mol. The smallest absolute Gasteiger partial charge is 0.270 e. The number of rotatable bonds is 7. The maximum Gasteiger partial charge on any atom is 0.270 e. The molecule has 2 N–H and O–H groups in total. The van der Waals surface area contributed by atoms with Gasteiger partial charge in [-0.25, -0.2) is 5.43 Å². The van der Waals surface area contributed by atoms with Crippen molar-refractivity contribution in [2.24, 2.45) is 5.10 Å². The van der Waals surface area contributed by atoms with Gasteiger partial charge in [0.2, 0.25) is 5.91 Å². The first kappa shape index (κ1) is 17.6. The van der Waals surface area contributed by atoms with Gasteiger partial charge in [0.15, 0.2) is 0 Å². The Morgan fingerprint density at radius 3 is 2.84 bits per heavy atom. The Bertz CT molecular complexity index is 812. The number of hydrazone groups is 1. The van der Waals surface area contributed by atoms with Crippen LogP contribution < -0.4 is 10.7 Å². The van der Waals surface area contributed by atoms with Crippen LogP contribution in [0.15, 0.2) is 58.3 Å². The summed E-state index contributed by atoms with van der Waals surface area (Å²) in [5.74, 6) is -0.489. The van der Waals surface area contributed by atoms with Crippen molar-refractivity contribution in [2.45, 2.75) is 0 Å². The summed E-state index contributed by atoms with van der Waals surface area (Å²) < 4.78 is 5.02. The predicted molar refractivity (Wildman–Crippen MR) is 89.6 cm³/mol. The highest BCUT2D eigenvalue weighted by Crippen LogP contribution is 2.11. The van der Waals surface area contributed by atoms with E-state index in [0.29, 0.717) is 11.3 Å². The van der Waals surface area contributed by atoms with Gasteiger partial charge in [-0.05, 0) is 18.2 Å². The van der Waals surface area contributed by atoms with Gasteiger partial charge < -0.3 is 9.73 Å². The van der Waals surface area contributed by atoms with E-state index < -0.39 is 16.7 Å². The minimum Gasteiger partial charge on any atom is -0.465 e. The second-order valence-electron chi connectivity index (χ2n) is 4.71. The van der Waals surface area contributed by atoms with E-state index in [1.54, 1.807) is 18.2 Å². The van der Waals surface area contributed by atoms with E-state index in [1.807, 2.05) is 0 Å². The molecule has 2 amide bonds. The standard InChI is InChI=1S/C16H14N4O5/c21-15(7-6-14-5-2-8-25-14)17-11-16(22)19-18-10-12-3-1-4-13(9-12)20(23)24/h1-10H,11H2,(H,17,21)(H,19,22). The number of non-ortho nitro benzene ring substituents is 1. The summed E-state index contributed by atoms with van der Waals surface area (Å²) in [6, 6.07) is 9.14. The van der Waals surface area contributed by atoms with Gasteiger partial charge in [0.1, 0.15) is 5.76 Å². The summed E-state index contributed by atoms with van der Waals surface area (Å²) in [4.78, 5) is 33.2. The minimum absolute atomic E-state index is 0.0779. The molecular weight excluding hydrogens is 328 g/mol. The summed E-state index contributed by atoms with van der Waals surface area (Å²) in [6.45, 7) is -0.270. The van der Waals surface area contributed by atoms with Crippen LogP contribution in [0.1, 0.15) is 11.3 Å². The van der Waals surface area contributed by atoms with Crippen LogP contribution in [0.4, 0.5) is 5.69 Å². The number of carbonyl (C=O) groups is 2. The zero-order valence-corrected chi connectivity index (χ0v) is 12.9. The van der Waals surface area contributed by atoms with Gasteiger partial charge in [-0.2, -0.15) is 5.10 Å². The molecule has 9 heteroatoms. The molecular formula is C16H14N4O5. The number of furan rings is 1. The average Bonchev–Trinajstić information content (AvgIpc) is 3.12. The Labute approximate surface area is 142 Å². The number of hydrogen-bond acceptors (Lipinski definition) is 6. The molecule has 2 aromatic rings. The Kier molecular flexibility index (Phi) is 6.18. The first-order valence-electron chi connectivity index (χ1n) is 7.10. The largest absolute Gasteiger partial charge is 0.465 e. The fourth-order valence-electron chi connectivity index (χ4n) is 1.71. The first-order valence-corrected chi connectivity index (χ1v) is 7.10. The van der Waals surface area contributed by atoms with Crippen LogP contribution in [0.25, 0.3) is 6.08 Å². The lowest BCUT2D eigenvalue weighted by atomic mass is 10.2. The van der Waals surface area contributed by atoms with Crippen LogP contribution in [0.2, 0.25) is 0 Å². The fourth-order valence-corrected chi connectivity index (χ4v) is 1.71. The van der Waals surface area contributed by atoms with Crippen molar-refractivity contribution in [1.29, 1.82) is 0 Å². The summed E-state index contributed by atoms with van der Waals surface area (Å²) in [5.41, 5.74) is 2.59. The number of amides is 2. The van der Waals surface area contributed by atoms with E-state index in [4.69, 9.17) is 4.42 Å². The van der Waals surface area contributed by atoms with Crippen LogP contribution in [0.5, 0.6) is 0 Å². The number of hydrogen-bond donors (Lipinski definition) is 2. The molecule has 1 aromatic carbocycles. The molecule has 0 radical (unpaired) electrons. The molecule has 9 nitrogen and oxygen atoms in total. The van der Waals surface area contributed by atoms with Gasteiger partial charge in [-0.15, -0.1) is 0 Å². The SMILES string of the molecule is O=C(C=Cc1ccco1)NCC(=O)NN=Cc1cccc([N+](=O)[O-])c1. The lowest BCUT2D eigenvalue weighted by molar-refractivity contribution is -0.384. The molecule has 0 saturated carbocycles. The zero-order valence-electron chi connectivity index (χ0n) is 12.9. The van der Waals surface area contributed by atoms with Crippen molar-refractivity contribution in [3.63, 3.8) is 0 Å². The van der Waals surface area contributed by atoms with E-state index >= 15 is 0 Å². The lowest BCUT2D eigenvalue weighted by Crippen LogP contribution is -2.34. The van der Waals surface area contributed by atoms with Gasteiger partial charge in [0.25, 0.3) is 11.6 Å². The van der Waals surface area contributed by atoms with E-state index in [1.165, 1.54) is 42.8 Å². The van der Waals surface area contributed by atoms with Crippen LogP contribution >= 0.6 is 0 Å². The molecule has 0 unspecified atom stereocenters. The van der Waals surface area contributed by atoms with Gasteiger partial charge in [-0.1, -0.05) is 12.1 Å². The summed E-state index contributed by atoms with van der Waals surface area (Å²) in [6.07, 6.45) is 5.44. The van der Waals surface area contributed by atoms with Crippen molar-refractivity contribution in [2.75, 3.05) is 6.54 Å². The molecule has 1 aromatic heterocycles. The number of nitro benzene ring substituents is 1. The lowest BCUT2D eigenvalue weighted by Gasteiger charge is -2.00. The molecule has 0 aliphatic carbocycles. The summed E-state index contributed by atoms with van der Waals surface area (Å²) >= 11 is 0. The number of nitrogens with one attached hydrogen (secondary N) is 2. The highest BCUT2D eigenvalue weighted by Gasteiger charge is 2.05. The predicted octanol–water partition coefficient (Wildman–Crippen LogP) is 1.47. The third-order valence-electron chi connectivity index (χ3n) is 2.85. The second kappa shape index (κ2) is 8.77. The molecule has 0 atom stereocenters. The molecule has 0 bridgehead atoms. The first-order chi connectivity index (χ1) is 12.0. The Morgan fingerprint density at radius 1 is 1.28 bits per heavy atom. The third kappa shape index (κ3) is 6.10. The fraction of sp³-hybridized carbons (Fsp3) is 0.0625. The van der Waals surface area contributed by atoms with Gasteiger partial charge in [0.05, 0.1) is 23.9 Å². The molecule has 1 heterocycles. The molecule has 0 saturated heterocycles. The highest BCUT2D eigenvalue weighted by atomic mass is 16.6. The maximum absolute atomic E-state index is 11.6. The van der Waals surface area contributed by atoms with E-state index in [2.05, 4.69) is 15.8 Å². The van der Waals surface area contributed by atoms with Crippen LogP contribution in [0.3, 0.4) is 0 Å². The molecule has 25 heavy (non-hydrogen) atoms. The maximum atomic E-state index is 11.6. The second-order valence-corrected chi connectivity index (χ2v) is 4.71. The monoisotopic (exact) mass is 342 g/mol. The zero-order chi connectivity index (χ0) is 18.1.